The van der Waals surface area contributed by atoms with Crippen LogP contribution in [0, 0.1) is 5.41 Å². The molecule has 1 rings (SSSR count). The van der Waals surface area contributed by atoms with Crippen LogP contribution >= 0.6 is 12.2 Å². The second-order valence-corrected chi connectivity index (χ2v) is 4.83. The lowest BCUT2D eigenvalue weighted by molar-refractivity contribution is 0.0301. The Morgan fingerprint density at radius 1 is 1.27 bits per heavy atom. The average Bonchev–Trinajstić information content (AvgIpc) is 2.91. The fourth-order valence-corrected chi connectivity index (χ4v) is 1.88. The van der Waals surface area contributed by atoms with Crippen molar-refractivity contribution in [1.82, 2.24) is 0 Å². The molecule has 1 aliphatic carbocycles. The molecule has 1 saturated carbocycles. The normalized spacial score (nSPS) is 17.7. The van der Waals surface area contributed by atoms with Gasteiger partial charge in [-0.25, -0.2) is 0 Å². The Balaban J connectivity index is 1.97. The highest BCUT2D eigenvalue weighted by Gasteiger charge is 2.43. The van der Waals surface area contributed by atoms with Gasteiger partial charge in [0.25, 0.3) is 0 Å². The average molecular weight is 231 g/mol. The summed E-state index contributed by atoms with van der Waals surface area (Å²) in [6.07, 6.45) is 4.28. The molecule has 3 nitrogen and oxygen atoms in total. The zero-order valence-corrected chi connectivity index (χ0v) is 10.3. The van der Waals surface area contributed by atoms with E-state index in [1.54, 1.807) is 0 Å². The van der Waals surface area contributed by atoms with Crippen LogP contribution < -0.4 is 5.73 Å². The van der Waals surface area contributed by atoms with E-state index < -0.39 is 0 Å². The van der Waals surface area contributed by atoms with Gasteiger partial charge in [0.2, 0.25) is 0 Å². The molecule has 0 aromatic carbocycles. The Hall–Kier alpha value is -0.190. The zero-order valence-electron chi connectivity index (χ0n) is 9.46. The van der Waals surface area contributed by atoms with E-state index in [2.05, 4.69) is 6.92 Å². The minimum atomic E-state index is 0.274. The van der Waals surface area contributed by atoms with Gasteiger partial charge < -0.3 is 15.2 Å². The Labute approximate surface area is 97.3 Å². The van der Waals surface area contributed by atoms with E-state index in [9.17, 15) is 0 Å². The molecule has 0 heterocycles. The highest BCUT2D eigenvalue weighted by atomic mass is 32.1. The van der Waals surface area contributed by atoms with Crippen LogP contribution in [-0.2, 0) is 9.47 Å². The molecule has 88 valence electrons. The first-order valence-electron chi connectivity index (χ1n) is 5.62. The molecule has 0 amide bonds. The van der Waals surface area contributed by atoms with Crippen LogP contribution in [0.15, 0.2) is 0 Å². The summed E-state index contributed by atoms with van der Waals surface area (Å²) in [5.74, 6) is 0. The molecular formula is C11H21NO2S. The van der Waals surface area contributed by atoms with Crippen molar-refractivity contribution in [3.8, 4) is 0 Å². The summed E-state index contributed by atoms with van der Waals surface area (Å²) in [7, 11) is 0. The smallest absolute Gasteiger partial charge is 0.0733 e. The van der Waals surface area contributed by atoms with Crippen molar-refractivity contribution >= 4 is 17.2 Å². The number of hydrogen-bond acceptors (Lipinski definition) is 3. The summed E-state index contributed by atoms with van der Waals surface area (Å²) in [4.78, 5) is 0.610. The maximum absolute atomic E-state index is 5.57. The van der Waals surface area contributed by atoms with Gasteiger partial charge in [-0.15, -0.1) is 0 Å². The molecule has 0 aromatic rings. The van der Waals surface area contributed by atoms with Crippen LogP contribution in [0.1, 0.15) is 32.6 Å². The first kappa shape index (κ1) is 12.9. The minimum absolute atomic E-state index is 0.274. The van der Waals surface area contributed by atoms with E-state index >= 15 is 0 Å². The summed E-state index contributed by atoms with van der Waals surface area (Å²) in [6, 6.07) is 0. The lowest BCUT2D eigenvalue weighted by Crippen LogP contribution is -2.20. The van der Waals surface area contributed by atoms with E-state index in [0.29, 0.717) is 18.2 Å². The predicted octanol–water partition coefficient (Wildman–Crippen LogP) is 1.89. The van der Waals surface area contributed by atoms with E-state index in [1.807, 2.05) is 0 Å². The van der Waals surface area contributed by atoms with Crippen LogP contribution in [0.25, 0.3) is 0 Å². The first-order chi connectivity index (χ1) is 7.18. The second-order valence-electron chi connectivity index (χ2n) is 4.31. The van der Waals surface area contributed by atoms with E-state index in [0.717, 1.165) is 26.1 Å². The highest BCUT2D eigenvalue weighted by Crippen LogP contribution is 2.48. The molecule has 0 aliphatic heterocycles. The summed E-state index contributed by atoms with van der Waals surface area (Å²) in [5.41, 5.74) is 5.81. The van der Waals surface area contributed by atoms with Crippen LogP contribution in [0.3, 0.4) is 0 Å². The Morgan fingerprint density at radius 2 is 1.93 bits per heavy atom. The largest absolute Gasteiger partial charge is 0.393 e. The zero-order chi connectivity index (χ0) is 11.1. The van der Waals surface area contributed by atoms with Gasteiger partial charge in [0.05, 0.1) is 24.8 Å². The van der Waals surface area contributed by atoms with Gasteiger partial charge in [0, 0.05) is 18.4 Å². The van der Waals surface area contributed by atoms with Crippen molar-refractivity contribution in [1.29, 1.82) is 0 Å². The third kappa shape index (κ3) is 5.44. The van der Waals surface area contributed by atoms with E-state index in [1.165, 1.54) is 12.8 Å². The lowest BCUT2D eigenvalue weighted by atomic mass is 10.0. The molecule has 0 unspecified atom stereocenters. The molecule has 0 spiro atoms. The van der Waals surface area contributed by atoms with Gasteiger partial charge in [0.1, 0.15) is 0 Å². The topological polar surface area (TPSA) is 44.5 Å². The maximum Gasteiger partial charge on any atom is 0.0733 e. The van der Waals surface area contributed by atoms with Crippen molar-refractivity contribution in [2.75, 3.05) is 26.4 Å². The van der Waals surface area contributed by atoms with Crippen molar-refractivity contribution in [2.24, 2.45) is 11.1 Å². The third-order valence-corrected chi connectivity index (χ3v) is 2.78. The molecule has 0 radical (unpaired) electrons. The molecule has 1 aliphatic rings. The molecular weight excluding hydrogens is 210 g/mol. The quantitative estimate of drug-likeness (QED) is 0.486. The standard InChI is InChI=1S/C11H21NO2S/c1-2-5-13-6-7-14-9-11(3-4-11)8-10(12)15/h2-9H2,1H3,(H2,12,15). The first-order valence-corrected chi connectivity index (χ1v) is 6.03. The van der Waals surface area contributed by atoms with Crippen molar-refractivity contribution < 1.29 is 9.47 Å². The summed E-state index contributed by atoms with van der Waals surface area (Å²) in [5, 5.41) is 0. The third-order valence-electron chi connectivity index (χ3n) is 2.64. The van der Waals surface area contributed by atoms with Gasteiger partial charge >= 0.3 is 0 Å². The van der Waals surface area contributed by atoms with Crippen LogP contribution in [0.2, 0.25) is 0 Å². The van der Waals surface area contributed by atoms with Crippen LogP contribution in [-0.4, -0.2) is 31.4 Å². The molecule has 1 fully saturated rings. The molecule has 15 heavy (non-hydrogen) atoms. The Kier molecular flexibility index (Phi) is 5.50. The summed E-state index contributed by atoms with van der Waals surface area (Å²) < 4.78 is 10.9. The van der Waals surface area contributed by atoms with Gasteiger partial charge in [-0.2, -0.15) is 0 Å². The van der Waals surface area contributed by atoms with E-state index in [4.69, 9.17) is 27.4 Å². The fraction of sp³-hybridized carbons (Fsp3) is 0.909. The second kappa shape index (κ2) is 6.40. The van der Waals surface area contributed by atoms with Gasteiger partial charge in [-0.1, -0.05) is 19.1 Å². The number of thiocarbonyl (C=S) groups is 1. The van der Waals surface area contributed by atoms with Gasteiger partial charge in [-0.05, 0) is 19.3 Å². The number of nitrogens with two attached hydrogens (primary N) is 1. The van der Waals surface area contributed by atoms with Gasteiger partial charge in [0.15, 0.2) is 0 Å². The van der Waals surface area contributed by atoms with E-state index in [-0.39, 0.29) is 5.41 Å². The predicted molar refractivity (Wildman–Crippen MR) is 65.0 cm³/mol. The number of ether oxygens (including phenoxy) is 2. The van der Waals surface area contributed by atoms with Crippen LogP contribution in [0.4, 0.5) is 0 Å². The van der Waals surface area contributed by atoms with Crippen molar-refractivity contribution in [3.05, 3.63) is 0 Å². The van der Waals surface area contributed by atoms with Crippen LogP contribution in [0.5, 0.6) is 0 Å². The monoisotopic (exact) mass is 231 g/mol. The molecule has 0 bridgehead atoms. The Bertz CT molecular complexity index is 205. The minimum Gasteiger partial charge on any atom is -0.393 e. The summed E-state index contributed by atoms with van der Waals surface area (Å²) >= 11 is 4.92. The number of hydrogen-bond donors (Lipinski definition) is 1. The van der Waals surface area contributed by atoms with Crippen molar-refractivity contribution in [2.45, 2.75) is 32.6 Å². The Morgan fingerprint density at radius 3 is 2.47 bits per heavy atom. The molecule has 0 saturated heterocycles. The fourth-order valence-electron chi connectivity index (χ4n) is 1.57. The van der Waals surface area contributed by atoms with Gasteiger partial charge in [-0.3, -0.25) is 0 Å². The molecule has 4 heteroatoms. The summed E-state index contributed by atoms with van der Waals surface area (Å²) in [6.45, 7) is 5.07. The maximum atomic E-state index is 5.57. The lowest BCUT2D eigenvalue weighted by Gasteiger charge is -2.14. The number of rotatable bonds is 9. The SMILES string of the molecule is CCCOCCOCC1(CC(N)=S)CC1. The van der Waals surface area contributed by atoms with Crippen molar-refractivity contribution in [3.63, 3.8) is 0 Å². The highest BCUT2D eigenvalue weighted by molar-refractivity contribution is 7.80. The molecule has 0 atom stereocenters. The molecule has 0 aromatic heterocycles. The molecule has 2 N–H and O–H groups in total.